The second-order valence-electron chi connectivity index (χ2n) is 24.2. The monoisotopic (exact) mass is 1340 g/mol. The smallest absolute Gasteiger partial charge is 0.416 e. The molecular weight excluding hydrogens is 1270 g/mol. The highest BCUT2D eigenvalue weighted by Crippen LogP contribution is 2.49. The third-order valence-electron chi connectivity index (χ3n) is 16.0. The van der Waals surface area contributed by atoms with E-state index in [0.29, 0.717) is 11.1 Å². The van der Waals surface area contributed by atoms with Gasteiger partial charge < -0.3 is 47.1 Å². The molecule has 4 aliphatic rings. The van der Waals surface area contributed by atoms with E-state index in [1.165, 1.54) is 48.3 Å². The van der Waals surface area contributed by atoms with Crippen molar-refractivity contribution in [2.24, 2.45) is 0 Å². The fourth-order valence-corrected chi connectivity index (χ4v) is 12.2. The highest BCUT2D eigenvalue weighted by molar-refractivity contribution is 6.74. The first kappa shape index (κ1) is 67.2. The Labute approximate surface area is 541 Å². The minimum atomic E-state index is -2.80. The third-order valence-corrected chi connectivity index (χ3v) is 25.5. The molecule has 16 nitrogen and oxygen atoms in total. The summed E-state index contributed by atoms with van der Waals surface area (Å²) in [6.45, 7) is 19.3. The number of ether oxygens (including phenoxy) is 6. The number of benzene rings is 4. The van der Waals surface area contributed by atoms with Crippen LogP contribution in [-0.2, 0) is 18.3 Å². The van der Waals surface area contributed by atoms with Gasteiger partial charge in [-0.25, -0.2) is 19.4 Å². The summed E-state index contributed by atoms with van der Waals surface area (Å²) in [5.41, 5.74) is 3.16. The number of methoxy groups -OCH3 is 2. The lowest BCUT2D eigenvalue weighted by Gasteiger charge is -2.44. The van der Waals surface area contributed by atoms with Gasteiger partial charge in [0, 0.05) is 66.1 Å². The number of halogens is 6. The van der Waals surface area contributed by atoms with Crippen LogP contribution in [0.1, 0.15) is 92.6 Å². The van der Waals surface area contributed by atoms with Crippen molar-refractivity contribution < 1.29 is 56.5 Å². The molecule has 0 saturated heterocycles. The normalized spacial score (nSPS) is 18.7. The number of alkyl halides is 6. The number of rotatable bonds is 14. The Morgan fingerprint density at radius 3 is 1.22 bits per heavy atom. The van der Waals surface area contributed by atoms with Gasteiger partial charge in [0.15, 0.2) is 52.1 Å². The van der Waals surface area contributed by atoms with Crippen LogP contribution in [0.4, 0.5) is 21.0 Å². The Morgan fingerprint density at radius 1 is 0.540 bits per heavy atom. The molecule has 4 aliphatic heterocycles. The quantitative estimate of drug-likeness (QED) is 0.0511. The molecule has 464 valence electrons. The molecule has 4 aromatic carbocycles. The number of carbonyl (C=O) groups excluding carboxylic acids is 4. The molecule has 8 rings (SSSR count). The zero-order valence-corrected chi connectivity index (χ0v) is 57.0. The fourth-order valence-electron chi connectivity index (χ4n) is 9.44. The van der Waals surface area contributed by atoms with E-state index >= 15 is 9.59 Å². The summed E-state index contributed by atoms with van der Waals surface area (Å²) in [5, 5.41) is -0.722. The topological polar surface area (TPSA) is 155 Å². The molecule has 4 atom stereocenters. The van der Waals surface area contributed by atoms with E-state index in [-0.39, 0.29) is 88.1 Å². The third kappa shape index (κ3) is 15.8. The van der Waals surface area contributed by atoms with Crippen molar-refractivity contribution in [2.45, 2.75) is 129 Å². The zero-order valence-electron chi connectivity index (χ0n) is 50.5. The van der Waals surface area contributed by atoms with E-state index in [4.69, 9.17) is 107 Å². The summed E-state index contributed by atoms with van der Waals surface area (Å²) in [7, 11) is -2.75. The molecule has 0 aromatic heterocycles. The van der Waals surface area contributed by atoms with E-state index in [0.717, 1.165) is 11.1 Å². The summed E-state index contributed by atoms with van der Waals surface area (Å²) >= 11 is 37.0. The van der Waals surface area contributed by atoms with E-state index in [1.54, 1.807) is 22.2 Å². The average Bonchev–Trinajstić information content (AvgIpc) is 1.68. The standard InChI is InChI=1S/C63H70Cl6N4O12Si2/c1-60(2,3)86(9,10)84-56-48-30-42(26-24-40-20-15-13-16-21-40)36-70(48)54(74)44-32-50(78-7)52(34-46(44)72(56)58(76)82-38-62(64,65)66)80-28-19-29-81-53-35-47-45(33-51(53)79-8)55(75)71-37-43(27-25-41-22-17-14-18-23-41)31-49(71)57(85-87(11,12)61(4,5)6)73(47)59(77)83-39-63(67,68)69/h13-18,20-23,32-37,48-49,56-57H,19,28-31,38-39H2,1-12H3/t48-,49-,56-,57-/m0/s1. The lowest BCUT2D eigenvalue weighted by Crippen LogP contribution is -2.58. The summed E-state index contributed by atoms with van der Waals surface area (Å²) in [5.74, 6) is 12.6. The second-order valence-corrected chi connectivity index (χ2v) is 38.8. The van der Waals surface area contributed by atoms with Crippen LogP contribution in [0.25, 0.3) is 0 Å². The van der Waals surface area contributed by atoms with Gasteiger partial charge in [0.25, 0.3) is 11.8 Å². The molecule has 0 radical (unpaired) electrons. The number of fused-ring (bicyclic) bond motifs is 4. The minimum Gasteiger partial charge on any atom is -0.493 e. The lowest BCUT2D eigenvalue weighted by atomic mass is 10.1. The van der Waals surface area contributed by atoms with Crippen LogP contribution in [0, 0.1) is 23.7 Å². The number of anilines is 2. The van der Waals surface area contributed by atoms with Crippen LogP contribution < -0.4 is 28.7 Å². The first-order valence-corrected chi connectivity index (χ1v) is 36.1. The van der Waals surface area contributed by atoms with E-state index in [1.807, 2.05) is 86.9 Å². The van der Waals surface area contributed by atoms with Crippen molar-refractivity contribution in [3.05, 3.63) is 131 Å². The first-order valence-electron chi connectivity index (χ1n) is 28.0. The number of amides is 4. The number of hydrogen-bond donors (Lipinski definition) is 0. The number of nitrogens with zero attached hydrogens (tertiary/aromatic N) is 4. The molecular formula is C63H70Cl6N4O12Si2. The molecule has 4 aromatic rings. The van der Waals surface area contributed by atoms with Gasteiger partial charge in [-0.05, 0) is 72.7 Å². The summed E-state index contributed by atoms with van der Waals surface area (Å²) in [4.78, 5) is 65.3. The van der Waals surface area contributed by atoms with Crippen LogP contribution in [0.5, 0.6) is 23.0 Å². The van der Waals surface area contributed by atoms with Gasteiger partial charge in [0.05, 0.1) is 62.0 Å². The van der Waals surface area contributed by atoms with Crippen LogP contribution in [0.15, 0.2) is 108 Å². The lowest BCUT2D eigenvalue weighted by molar-refractivity contribution is 0.0583. The maximum Gasteiger partial charge on any atom is 0.416 e. The molecule has 87 heavy (non-hydrogen) atoms. The molecule has 4 heterocycles. The van der Waals surface area contributed by atoms with Crippen LogP contribution in [0.2, 0.25) is 36.3 Å². The van der Waals surface area contributed by atoms with Crippen molar-refractivity contribution in [1.29, 1.82) is 0 Å². The molecule has 0 saturated carbocycles. The Balaban J connectivity index is 1.13. The Kier molecular flexibility index (Phi) is 20.7. The maximum absolute atomic E-state index is 15.1. The Hall–Kier alpha value is -5.75. The van der Waals surface area contributed by atoms with Crippen LogP contribution in [-0.4, -0.2) is 123 Å². The SMILES string of the molecule is COc1cc2c(cc1OCCCOc1cc3c(cc1OC)C(=O)N1C=C(C#Cc4ccccc4)C[C@H]1[C@H](O[Si](C)(C)C(C)(C)C)N3C(=O)OCC(Cl)(Cl)Cl)N(C(=O)OCC(Cl)(Cl)Cl)[C@@H](O[Si](C)(C)C(C)(C)C)[C@@H]1CC(C#Cc3ccccc3)=CN1C2=O. The second kappa shape index (κ2) is 26.8. The van der Waals surface area contributed by atoms with Crippen molar-refractivity contribution >= 4 is 122 Å². The van der Waals surface area contributed by atoms with Gasteiger partial charge in [0.2, 0.25) is 7.59 Å². The van der Waals surface area contributed by atoms with Gasteiger partial charge in [0.1, 0.15) is 13.2 Å². The van der Waals surface area contributed by atoms with Gasteiger partial charge in [-0.3, -0.25) is 9.59 Å². The van der Waals surface area contributed by atoms with E-state index < -0.39 is 86.0 Å². The summed E-state index contributed by atoms with van der Waals surface area (Å²) in [6, 6.07) is 23.4. The zero-order chi connectivity index (χ0) is 63.6. The largest absolute Gasteiger partial charge is 0.493 e. The molecule has 0 N–H and O–H groups in total. The van der Waals surface area contributed by atoms with Crippen molar-refractivity contribution in [2.75, 3.05) is 50.4 Å². The van der Waals surface area contributed by atoms with Crippen LogP contribution >= 0.6 is 69.6 Å². The Bertz CT molecular complexity index is 3230. The first-order chi connectivity index (χ1) is 40.7. The van der Waals surface area contributed by atoms with Gasteiger partial charge in [-0.15, -0.1) is 0 Å². The molecule has 0 spiro atoms. The number of carbonyl (C=O) groups is 4. The van der Waals surface area contributed by atoms with Gasteiger partial charge in [-0.2, -0.15) is 0 Å². The van der Waals surface area contributed by atoms with Crippen LogP contribution in [0.3, 0.4) is 0 Å². The number of hydrogen-bond acceptors (Lipinski definition) is 12. The van der Waals surface area contributed by atoms with Gasteiger partial charge >= 0.3 is 12.2 Å². The van der Waals surface area contributed by atoms with Crippen molar-refractivity contribution in [1.82, 2.24) is 9.80 Å². The molecule has 0 bridgehead atoms. The molecule has 0 unspecified atom stereocenters. The fraction of sp³-hybridized carbons (Fsp3) is 0.429. The Morgan fingerprint density at radius 2 is 0.897 bits per heavy atom. The molecule has 0 fully saturated rings. The predicted molar refractivity (Wildman–Crippen MR) is 346 cm³/mol. The van der Waals surface area contributed by atoms with Crippen molar-refractivity contribution in [3.8, 4) is 46.7 Å². The molecule has 4 amide bonds. The predicted octanol–water partition coefficient (Wildman–Crippen LogP) is 15.2. The van der Waals surface area contributed by atoms with E-state index in [2.05, 4.69) is 65.2 Å². The molecule has 24 heteroatoms. The maximum atomic E-state index is 15.1. The highest BCUT2D eigenvalue weighted by Gasteiger charge is 2.53. The minimum absolute atomic E-state index is 0.00620. The van der Waals surface area contributed by atoms with E-state index in [9.17, 15) is 9.59 Å². The van der Waals surface area contributed by atoms with Gasteiger partial charge in [-0.1, -0.05) is 171 Å². The molecule has 0 aliphatic carbocycles. The summed E-state index contributed by atoms with van der Waals surface area (Å²) < 4.78 is 46.5. The average molecular weight is 1340 g/mol. The highest BCUT2D eigenvalue weighted by atomic mass is 35.6. The van der Waals surface area contributed by atoms with Crippen molar-refractivity contribution in [3.63, 3.8) is 0 Å². The summed E-state index contributed by atoms with van der Waals surface area (Å²) in [6.07, 6.45) is -0.123.